The van der Waals surface area contributed by atoms with E-state index in [1.165, 1.54) is 29.2 Å². The fourth-order valence-electron chi connectivity index (χ4n) is 3.10. The first kappa shape index (κ1) is 19.0. The summed E-state index contributed by atoms with van der Waals surface area (Å²) in [6.45, 7) is 2.26. The quantitative estimate of drug-likeness (QED) is 0.573. The van der Waals surface area contributed by atoms with Crippen molar-refractivity contribution in [2.75, 3.05) is 16.8 Å². The van der Waals surface area contributed by atoms with Gasteiger partial charge in [-0.25, -0.2) is 0 Å². The normalized spacial score (nSPS) is 16.4. The number of nitro groups is 1. The molecule has 27 heavy (non-hydrogen) atoms. The largest absolute Gasteiger partial charge is 0.326 e. The van der Waals surface area contributed by atoms with Gasteiger partial charge >= 0.3 is 0 Å². The van der Waals surface area contributed by atoms with Gasteiger partial charge in [-0.3, -0.25) is 19.7 Å². The standard InChI is InChI=1S/C19H18BrN3O4/c1-2-12-9-14(20)3-8-17(12)21-19(25)13-10-18(24)22(11-13)15-4-6-16(7-5-15)23(26)27/h3-9,13H,2,10-11H2,1H3,(H,21,25)/t13-/m1/s1. The summed E-state index contributed by atoms with van der Waals surface area (Å²) in [5.74, 6) is -0.846. The Hall–Kier alpha value is -2.74. The predicted octanol–water partition coefficient (Wildman–Crippen LogP) is 3.91. The maximum absolute atomic E-state index is 12.6. The molecule has 1 saturated heterocycles. The van der Waals surface area contributed by atoms with Gasteiger partial charge in [-0.15, -0.1) is 0 Å². The minimum Gasteiger partial charge on any atom is -0.326 e. The zero-order valence-corrected chi connectivity index (χ0v) is 16.2. The van der Waals surface area contributed by atoms with Crippen LogP contribution in [0.5, 0.6) is 0 Å². The van der Waals surface area contributed by atoms with Crippen molar-refractivity contribution in [2.24, 2.45) is 5.92 Å². The van der Waals surface area contributed by atoms with Gasteiger partial charge < -0.3 is 10.2 Å². The van der Waals surface area contributed by atoms with Crippen LogP contribution in [-0.2, 0) is 16.0 Å². The third-order valence-electron chi connectivity index (χ3n) is 4.57. The number of hydrogen-bond acceptors (Lipinski definition) is 4. The number of nitro benzene ring substituents is 1. The van der Waals surface area contributed by atoms with E-state index in [0.29, 0.717) is 5.69 Å². The Morgan fingerprint density at radius 3 is 2.63 bits per heavy atom. The second-order valence-corrected chi connectivity index (χ2v) is 7.24. The highest BCUT2D eigenvalue weighted by Gasteiger charge is 2.35. The van der Waals surface area contributed by atoms with Gasteiger partial charge in [0.15, 0.2) is 0 Å². The van der Waals surface area contributed by atoms with E-state index in [9.17, 15) is 19.7 Å². The molecule has 8 heteroatoms. The molecule has 1 atom stereocenters. The number of hydrogen-bond donors (Lipinski definition) is 1. The molecule has 1 N–H and O–H groups in total. The third kappa shape index (κ3) is 4.16. The van der Waals surface area contributed by atoms with Crippen molar-refractivity contribution in [1.29, 1.82) is 0 Å². The van der Waals surface area contributed by atoms with Crippen LogP contribution in [0, 0.1) is 16.0 Å². The Bertz CT molecular complexity index is 898. The molecule has 3 rings (SSSR count). The Morgan fingerprint density at radius 1 is 1.30 bits per heavy atom. The molecule has 2 aromatic carbocycles. The highest BCUT2D eigenvalue weighted by atomic mass is 79.9. The van der Waals surface area contributed by atoms with Gasteiger partial charge in [0.2, 0.25) is 11.8 Å². The van der Waals surface area contributed by atoms with Crippen LogP contribution in [0.15, 0.2) is 46.9 Å². The van der Waals surface area contributed by atoms with E-state index in [1.807, 2.05) is 25.1 Å². The molecule has 0 aliphatic carbocycles. The molecule has 0 unspecified atom stereocenters. The van der Waals surface area contributed by atoms with Crippen molar-refractivity contribution in [3.63, 3.8) is 0 Å². The molecular weight excluding hydrogens is 414 g/mol. The molecule has 2 amide bonds. The molecule has 2 aromatic rings. The lowest BCUT2D eigenvalue weighted by atomic mass is 10.1. The Labute approximate surface area is 164 Å². The molecule has 0 spiro atoms. The number of carbonyl (C=O) groups excluding carboxylic acids is 2. The number of aryl methyl sites for hydroxylation is 1. The van der Waals surface area contributed by atoms with Crippen molar-refractivity contribution in [2.45, 2.75) is 19.8 Å². The van der Waals surface area contributed by atoms with Gasteiger partial charge in [-0.2, -0.15) is 0 Å². The zero-order chi connectivity index (χ0) is 19.6. The monoisotopic (exact) mass is 431 g/mol. The lowest BCUT2D eigenvalue weighted by Crippen LogP contribution is -2.28. The average Bonchev–Trinajstić information content (AvgIpc) is 3.05. The molecule has 1 fully saturated rings. The molecule has 140 valence electrons. The number of rotatable bonds is 5. The van der Waals surface area contributed by atoms with Gasteiger partial charge in [0.25, 0.3) is 5.69 Å². The number of carbonyl (C=O) groups is 2. The van der Waals surface area contributed by atoms with Crippen molar-refractivity contribution in [1.82, 2.24) is 0 Å². The predicted molar refractivity (Wildman–Crippen MR) is 106 cm³/mol. The summed E-state index contributed by atoms with van der Waals surface area (Å²) in [6.07, 6.45) is 0.883. The van der Waals surface area contributed by atoms with Gasteiger partial charge in [0.05, 0.1) is 10.8 Å². The lowest BCUT2D eigenvalue weighted by Gasteiger charge is -2.17. The first-order valence-electron chi connectivity index (χ1n) is 8.53. The van der Waals surface area contributed by atoms with E-state index >= 15 is 0 Å². The van der Waals surface area contributed by atoms with Gasteiger partial charge in [-0.05, 0) is 42.3 Å². The molecule has 1 aliphatic rings. The van der Waals surface area contributed by atoms with Crippen LogP contribution in [0.2, 0.25) is 0 Å². The summed E-state index contributed by atoms with van der Waals surface area (Å²) in [5, 5.41) is 13.7. The number of nitrogens with one attached hydrogen (secondary N) is 1. The average molecular weight is 432 g/mol. The maximum atomic E-state index is 12.6. The van der Waals surface area contributed by atoms with Gasteiger partial charge in [0.1, 0.15) is 0 Å². The van der Waals surface area contributed by atoms with E-state index < -0.39 is 10.8 Å². The molecular formula is C19H18BrN3O4. The summed E-state index contributed by atoms with van der Waals surface area (Å²) in [6, 6.07) is 11.4. The fraction of sp³-hybridized carbons (Fsp3) is 0.263. The second-order valence-electron chi connectivity index (χ2n) is 6.32. The molecule has 0 aromatic heterocycles. The van der Waals surface area contributed by atoms with E-state index in [1.54, 1.807) is 0 Å². The minimum atomic E-state index is -0.491. The number of amides is 2. The number of halogens is 1. The van der Waals surface area contributed by atoms with Crippen LogP contribution < -0.4 is 10.2 Å². The second kappa shape index (κ2) is 7.87. The molecule has 0 bridgehead atoms. The van der Waals surface area contributed by atoms with Gasteiger partial charge in [-0.1, -0.05) is 22.9 Å². The first-order valence-corrected chi connectivity index (χ1v) is 9.32. The van der Waals surface area contributed by atoms with E-state index in [0.717, 1.165) is 22.1 Å². The van der Waals surface area contributed by atoms with Crippen LogP contribution in [0.25, 0.3) is 0 Å². The summed E-state index contributed by atoms with van der Waals surface area (Å²) in [5.41, 5.74) is 2.27. The van der Waals surface area contributed by atoms with E-state index in [-0.39, 0.29) is 30.5 Å². The highest BCUT2D eigenvalue weighted by Crippen LogP contribution is 2.28. The number of nitrogens with zero attached hydrogens (tertiary/aromatic N) is 2. The topological polar surface area (TPSA) is 92.6 Å². The van der Waals surface area contributed by atoms with Crippen molar-refractivity contribution in [3.05, 3.63) is 62.6 Å². The Balaban J connectivity index is 1.71. The Morgan fingerprint density at radius 2 is 2.00 bits per heavy atom. The van der Waals surface area contributed by atoms with Crippen LogP contribution in [0.4, 0.5) is 17.1 Å². The number of non-ortho nitro benzene ring substituents is 1. The zero-order valence-electron chi connectivity index (χ0n) is 14.6. The number of benzene rings is 2. The van der Waals surface area contributed by atoms with E-state index in [2.05, 4.69) is 21.2 Å². The lowest BCUT2D eigenvalue weighted by molar-refractivity contribution is -0.384. The van der Waals surface area contributed by atoms with Crippen molar-refractivity contribution in [3.8, 4) is 0 Å². The summed E-state index contributed by atoms with van der Waals surface area (Å²) in [4.78, 5) is 36.7. The highest BCUT2D eigenvalue weighted by molar-refractivity contribution is 9.10. The number of anilines is 2. The molecule has 0 saturated carbocycles. The van der Waals surface area contributed by atoms with Crippen molar-refractivity contribution < 1.29 is 14.5 Å². The smallest absolute Gasteiger partial charge is 0.269 e. The molecule has 0 radical (unpaired) electrons. The first-order chi connectivity index (χ1) is 12.9. The fourth-order valence-corrected chi connectivity index (χ4v) is 3.51. The van der Waals surface area contributed by atoms with Crippen LogP contribution in [0.1, 0.15) is 18.9 Å². The molecule has 1 heterocycles. The van der Waals surface area contributed by atoms with Crippen LogP contribution in [-0.4, -0.2) is 23.3 Å². The van der Waals surface area contributed by atoms with Crippen LogP contribution >= 0.6 is 15.9 Å². The van der Waals surface area contributed by atoms with Crippen LogP contribution in [0.3, 0.4) is 0 Å². The van der Waals surface area contributed by atoms with Crippen molar-refractivity contribution >= 4 is 44.8 Å². The SMILES string of the molecule is CCc1cc(Br)ccc1NC(=O)[C@@H]1CC(=O)N(c2ccc([N+](=O)[O-])cc2)C1. The summed E-state index contributed by atoms with van der Waals surface area (Å²) < 4.78 is 0.942. The third-order valence-corrected chi connectivity index (χ3v) is 5.07. The minimum absolute atomic E-state index is 0.0398. The molecule has 7 nitrogen and oxygen atoms in total. The summed E-state index contributed by atoms with van der Waals surface area (Å²) in [7, 11) is 0. The van der Waals surface area contributed by atoms with Gasteiger partial charge in [0, 0.05) is 40.9 Å². The van der Waals surface area contributed by atoms with E-state index in [4.69, 9.17) is 0 Å². The maximum Gasteiger partial charge on any atom is 0.269 e. The summed E-state index contributed by atoms with van der Waals surface area (Å²) >= 11 is 3.42. The molecule has 1 aliphatic heterocycles. The Kier molecular flexibility index (Phi) is 5.55.